The lowest BCUT2D eigenvalue weighted by Crippen LogP contribution is -2.36. The Morgan fingerprint density at radius 3 is 2.76 bits per heavy atom. The number of hydrogen-bond donors (Lipinski definition) is 1. The minimum atomic E-state index is 0.492. The highest BCUT2D eigenvalue weighted by atomic mass is 35.5. The van der Waals surface area contributed by atoms with Crippen LogP contribution in [0.4, 0.5) is 5.82 Å². The van der Waals surface area contributed by atoms with E-state index in [9.17, 15) is 0 Å². The summed E-state index contributed by atoms with van der Waals surface area (Å²) in [6.45, 7) is 2.26. The van der Waals surface area contributed by atoms with Crippen LogP contribution in [0.5, 0.6) is 0 Å². The molecule has 1 fully saturated rings. The van der Waals surface area contributed by atoms with Gasteiger partial charge in [-0.15, -0.1) is 0 Å². The number of aromatic nitrogens is 2. The Hall–Kier alpha value is -0.520. The standard InChI is InChI=1S/C11H17ClN4S/c1-16-5-3-8(4-6-16)13-10-7-9(12)14-11(15-10)17-2/h7-8H,3-6H2,1-2H3,(H,13,14,15). The Bertz CT molecular complexity index is 380. The summed E-state index contributed by atoms with van der Waals surface area (Å²) in [5, 5.41) is 4.66. The van der Waals surface area contributed by atoms with Gasteiger partial charge in [0, 0.05) is 12.1 Å². The highest BCUT2D eigenvalue weighted by Crippen LogP contribution is 2.20. The van der Waals surface area contributed by atoms with Gasteiger partial charge in [0.05, 0.1) is 0 Å². The summed E-state index contributed by atoms with van der Waals surface area (Å²) in [6, 6.07) is 2.28. The first kappa shape index (κ1) is 12.9. The summed E-state index contributed by atoms with van der Waals surface area (Å²) in [6.07, 6.45) is 4.24. The molecule has 0 bridgehead atoms. The van der Waals surface area contributed by atoms with Gasteiger partial charge in [-0.2, -0.15) is 0 Å². The SMILES string of the molecule is CSc1nc(Cl)cc(NC2CCN(C)CC2)n1. The van der Waals surface area contributed by atoms with Crippen molar-refractivity contribution in [3.8, 4) is 0 Å². The first-order valence-corrected chi connectivity index (χ1v) is 7.31. The van der Waals surface area contributed by atoms with E-state index in [1.807, 2.05) is 6.26 Å². The Balaban J connectivity index is 2.00. The molecule has 4 nitrogen and oxygen atoms in total. The van der Waals surface area contributed by atoms with Gasteiger partial charge in [0.25, 0.3) is 0 Å². The molecule has 0 atom stereocenters. The number of likely N-dealkylation sites (tertiary alicyclic amines) is 1. The molecule has 2 heterocycles. The second kappa shape index (κ2) is 5.89. The van der Waals surface area contributed by atoms with Crippen molar-refractivity contribution < 1.29 is 0 Å². The fraction of sp³-hybridized carbons (Fsp3) is 0.636. The molecule has 1 saturated heterocycles. The maximum Gasteiger partial charge on any atom is 0.190 e. The van der Waals surface area contributed by atoms with E-state index in [0.717, 1.165) is 31.7 Å². The number of anilines is 1. The van der Waals surface area contributed by atoms with Gasteiger partial charge in [-0.05, 0) is 39.2 Å². The predicted octanol–water partition coefficient (Wildman–Crippen LogP) is 2.36. The largest absolute Gasteiger partial charge is 0.367 e. The quantitative estimate of drug-likeness (QED) is 0.520. The molecule has 1 aliphatic rings. The van der Waals surface area contributed by atoms with Crippen molar-refractivity contribution in [2.45, 2.75) is 24.0 Å². The topological polar surface area (TPSA) is 41.1 Å². The lowest BCUT2D eigenvalue weighted by Gasteiger charge is -2.29. The second-order valence-electron chi connectivity index (χ2n) is 4.28. The number of nitrogens with one attached hydrogen (secondary N) is 1. The zero-order valence-corrected chi connectivity index (χ0v) is 11.7. The Morgan fingerprint density at radius 1 is 1.41 bits per heavy atom. The number of hydrogen-bond acceptors (Lipinski definition) is 5. The third kappa shape index (κ3) is 3.72. The summed E-state index contributed by atoms with van der Waals surface area (Å²) in [4.78, 5) is 10.9. The number of thioether (sulfide) groups is 1. The van der Waals surface area contributed by atoms with Crippen LogP contribution >= 0.6 is 23.4 Å². The highest BCUT2D eigenvalue weighted by molar-refractivity contribution is 7.98. The van der Waals surface area contributed by atoms with Gasteiger partial charge in [-0.25, -0.2) is 9.97 Å². The first-order valence-electron chi connectivity index (χ1n) is 5.71. The molecule has 1 aliphatic heterocycles. The van der Waals surface area contributed by atoms with Gasteiger partial charge in [0.1, 0.15) is 11.0 Å². The van der Waals surface area contributed by atoms with Crippen molar-refractivity contribution in [2.75, 3.05) is 31.7 Å². The molecule has 0 aliphatic carbocycles. The molecule has 1 aromatic rings. The highest BCUT2D eigenvalue weighted by Gasteiger charge is 2.17. The van der Waals surface area contributed by atoms with E-state index in [4.69, 9.17) is 11.6 Å². The molecular formula is C11H17ClN4S. The van der Waals surface area contributed by atoms with Crippen molar-refractivity contribution in [3.05, 3.63) is 11.2 Å². The minimum Gasteiger partial charge on any atom is -0.367 e. The molecule has 0 amide bonds. The van der Waals surface area contributed by atoms with E-state index in [1.165, 1.54) is 11.8 Å². The summed E-state index contributed by atoms with van der Waals surface area (Å²) < 4.78 is 0. The third-order valence-corrected chi connectivity index (χ3v) is 3.67. The van der Waals surface area contributed by atoms with Crippen LogP contribution in [0.15, 0.2) is 11.2 Å². The van der Waals surface area contributed by atoms with Crippen LogP contribution < -0.4 is 5.32 Å². The summed E-state index contributed by atoms with van der Waals surface area (Å²) >= 11 is 7.46. The average Bonchev–Trinajstić information content (AvgIpc) is 2.31. The lowest BCUT2D eigenvalue weighted by molar-refractivity contribution is 0.263. The molecule has 0 spiro atoms. The van der Waals surface area contributed by atoms with Crippen molar-refractivity contribution in [1.82, 2.24) is 14.9 Å². The van der Waals surface area contributed by atoms with Crippen molar-refractivity contribution >= 4 is 29.2 Å². The van der Waals surface area contributed by atoms with Crippen LogP contribution in [0.3, 0.4) is 0 Å². The van der Waals surface area contributed by atoms with Crippen molar-refractivity contribution in [1.29, 1.82) is 0 Å². The second-order valence-corrected chi connectivity index (χ2v) is 5.45. The third-order valence-electron chi connectivity index (χ3n) is 2.93. The molecule has 94 valence electrons. The molecule has 17 heavy (non-hydrogen) atoms. The van der Waals surface area contributed by atoms with Gasteiger partial charge >= 0.3 is 0 Å². The van der Waals surface area contributed by atoms with Crippen molar-refractivity contribution in [2.24, 2.45) is 0 Å². The number of piperidine rings is 1. The van der Waals surface area contributed by atoms with Gasteiger partial charge < -0.3 is 10.2 Å². The van der Waals surface area contributed by atoms with Crippen LogP contribution in [0.1, 0.15) is 12.8 Å². The maximum absolute atomic E-state index is 5.96. The molecule has 6 heteroatoms. The smallest absolute Gasteiger partial charge is 0.190 e. The zero-order valence-electron chi connectivity index (χ0n) is 10.1. The fourth-order valence-corrected chi connectivity index (χ4v) is 2.54. The number of rotatable bonds is 3. The van der Waals surface area contributed by atoms with Gasteiger partial charge in [-0.1, -0.05) is 23.4 Å². The van der Waals surface area contributed by atoms with Crippen LogP contribution in [0, 0.1) is 0 Å². The van der Waals surface area contributed by atoms with E-state index in [0.29, 0.717) is 16.4 Å². The van der Waals surface area contributed by atoms with Gasteiger partial charge in [0.2, 0.25) is 0 Å². The molecule has 0 radical (unpaired) electrons. The molecule has 0 unspecified atom stereocenters. The van der Waals surface area contributed by atoms with Crippen molar-refractivity contribution in [3.63, 3.8) is 0 Å². The molecule has 1 N–H and O–H groups in total. The Kier molecular flexibility index (Phi) is 4.48. The maximum atomic E-state index is 5.96. The number of halogens is 1. The average molecular weight is 273 g/mol. The van der Waals surface area contributed by atoms with E-state index in [-0.39, 0.29) is 0 Å². The Labute approximate surface area is 111 Å². The lowest BCUT2D eigenvalue weighted by atomic mass is 10.1. The van der Waals surface area contributed by atoms with E-state index >= 15 is 0 Å². The molecule has 0 aromatic carbocycles. The molecule has 1 aromatic heterocycles. The fourth-order valence-electron chi connectivity index (χ4n) is 1.92. The first-order chi connectivity index (χ1) is 8.17. The van der Waals surface area contributed by atoms with Crippen LogP contribution in [-0.2, 0) is 0 Å². The van der Waals surface area contributed by atoms with E-state index in [2.05, 4.69) is 27.2 Å². The molecule has 2 rings (SSSR count). The summed E-state index contributed by atoms with van der Waals surface area (Å²) in [5.41, 5.74) is 0. The monoisotopic (exact) mass is 272 g/mol. The minimum absolute atomic E-state index is 0.492. The summed E-state index contributed by atoms with van der Waals surface area (Å²) in [7, 11) is 2.16. The van der Waals surface area contributed by atoms with E-state index < -0.39 is 0 Å². The van der Waals surface area contributed by atoms with Crippen LogP contribution in [-0.4, -0.2) is 47.3 Å². The number of nitrogens with zero attached hydrogens (tertiary/aromatic N) is 3. The zero-order chi connectivity index (χ0) is 12.3. The van der Waals surface area contributed by atoms with Crippen LogP contribution in [0.2, 0.25) is 5.15 Å². The predicted molar refractivity (Wildman–Crippen MR) is 73.0 cm³/mol. The summed E-state index contributed by atoms with van der Waals surface area (Å²) in [5.74, 6) is 0.837. The van der Waals surface area contributed by atoms with E-state index in [1.54, 1.807) is 6.07 Å². The normalized spacial score (nSPS) is 18.3. The Morgan fingerprint density at radius 2 is 2.12 bits per heavy atom. The van der Waals surface area contributed by atoms with Gasteiger partial charge in [-0.3, -0.25) is 0 Å². The van der Waals surface area contributed by atoms with Crippen LogP contribution in [0.25, 0.3) is 0 Å². The molecule has 0 saturated carbocycles. The molecular weight excluding hydrogens is 256 g/mol. The van der Waals surface area contributed by atoms with Gasteiger partial charge in [0.15, 0.2) is 5.16 Å².